The number of benzene rings is 2. The van der Waals surface area contributed by atoms with Crippen LogP contribution in [0.5, 0.6) is 11.5 Å². The van der Waals surface area contributed by atoms with Gasteiger partial charge in [0.25, 0.3) is 5.91 Å². The van der Waals surface area contributed by atoms with E-state index in [0.717, 1.165) is 6.42 Å². The molecule has 0 bridgehead atoms. The molecule has 0 aliphatic rings. The molecule has 0 spiro atoms. The number of fused-ring (bicyclic) bond motifs is 1. The summed E-state index contributed by atoms with van der Waals surface area (Å²) in [5.41, 5.74) is -0.318. The Bertz CT molecular complexity index is 1100. The first-order chi connectivity index (χ1) is 14.0. The fourth-order valence-electron chi connectivity index (χ4n) is 2.73. The molecule has 0 unspecified atom stereocenters. The zero-order chi connectivity index (χ0) is 20.8. The van der Waals surface area contributed by atoms with Crippen LogP contribution in [0.4, 0.5) is 0 Å². The summed E-state index contributed by atoms with van der Waals surface area (Å²) in [6.07, 6.45) is 0.756. The molecule has 1 heterocycles. The fraction of sp³-hybridized carbons (Fsp3) is 0.227. The molecule has 150 valence electrons. The van der Waals surface area contributed by atoms with Gasteiger partial charge in [0.15, 0.2) is 0 Å². The summed E-state index contributed by atoms with van der Waals surface area (Å²) in [4.78, 5) is 36.7. The Kier molecular flexibility index (Phi) is 6.29. The third-order valence-electron chi connectivity index (χ3n) is 4.10. The summed E-state index contributed by atoms with van der Waals surface area (Å²) in [5.74, 6) is -0.438. The van der Waals surface area contributed by atoms with Crippen molar-refractivity contribution in [2.24, 2.45) is 0 Å². The Morgan fingerprint density at radius 3 is 2.59 bits per heavy atom. The molecule has 3 aromatic rings. The maximum absolute atomic E-state index is 12.5. The fourth-order valence-corrected chi connectivity index (χ4v) is 2.73. The first kappa shape index (κ1) is 20.1. The number of carbonyl (C=O) groups is 2. The van der Waals surface area contributed by atoms with Crippen molar-refractivity contribution in [2.45, 2.75) is 20.3 Å². The van der Waals surface area contributed by atoms with E-state index in [2.05, 4.69) is 5.32 Å². The van der Waals surface area contributed by atoms with E-state index in [-0.39, 0.29) is 16.9 Å². The predicted molar refractivity (Wildman–Crippen MR) is 108 cm³/mol. The highest BCUT2D eigenvalue weighted by Gasteiger charge is 2.16. The third kappa shape index (κ3) is 4.63. The van der Waals surface area contributed by atoms with Crippen molar-refractivity contribution in [3.8, 4) is 11.5 Å². The Labute approximate surface area is 167 Å². The lowest BCUT2D eigenvalue weighted by Gasteiger charge is -2.10. The molecule has 0 fully saturated rings. The second-order valence-electron chi connectivity index (χ2n) is 6.22. The molecule has 0 aliphatic heterocycles. The molecule has 1 N–H and O–H groups in total. The monoisotopic (exact) mass is 395 g/mol. The number of carbonyl (C=O) groups excluding carboxylic acids is 2. The minimum atomic E-state index is -0.753. The molecule has 0 atom stereocenters. The van der Waals surface area contributed by atoms with E-state index in [0.29, 0.717) is 29.9 Å². The summed E-state index contributed by atoms with van der Waals surface area (Å²) in [6.45, 7) is 4.62. The Morgan fingerprint density at radius 2 is 1.83 bits per heavy atom. The van der Waals surface area contributed by atoms with Crippen LogP contribution < -0.4 is 20.4 Å². The minimum Gasteiger partial charge on any atom is -0.493 e. The molecular weight excluding hydrogens is 374 g/mol. The number of esters is 1. The number of hydrogen-bond acceptors (Lipinski definition) is 6. The van der Waals surface area contributed by atoms with Gasteiger partial charge in [-0.25, -0.2) is 9.59 Å². The third-order valence-corrected chi connectivity index (χ3v) is 4.10. The van der Waals surface area contributed by atoms with Crippen molar-refractivity contribution in [3.05, 3.63) is 70.1 Å². The van der Waals surface area contributed by atoms with Gasteiger partial charge < -0.3 is 19.2 Å². The van der Waals surface area contributed by atoms with E-state index in [1.54, 1.807) is 36.4 Å². The molecule has 0 saturated heterocycles. The summed E-state index contributed by atoms with van der Waals surface area (Å²) in [6, 6.07) is 12.8. The van der Waals surface area contributed by atoms with E-state index in [1.165, 1.54) is 12.1 Å². The molecule has 0 radical (unpaired) electrons. The van der Waals surface area contributed by atoms with Crippen LogP contribution in [0.15, 0.2) is 57.7 Å². The van der Waals surface area contributed by atoms with Crippen LogP contribution in [0, 0.1) is 0 Å². The lowest BCUT2D eigenvalue weighted by molar-refractivity contribution is 0.0730. The summed E-state index contributed by atoms with van der Waals surface area (Å²) >= 11 is 0. The Hall–Kier alpha value is -3.61. The smallest absolute Gasteiger partial charge is 0.349 e. The average molecular weight is 395 g/mol. The summed E-state index contributed by atoms with van der Waals surface area (Å²) in [5, 5.41) is 3.19. The van der Waals surface area contributed by atoms with Gasteiger partial charge in [0.2, 0.25) is 0 Å². The van der Waals surface area contributed by atoms with Crippen LogP contribution in [-0.2, 0) is 0 Å². The second kappa shape index (κ2) is 9.05. The molecule has 1 amide bonds. The molecule has 3 rings (SSSR count). The standard InChI is InChI=1S/C22H21NO6/c1-3-11-23-20(24)17-12-14-9-10-15(13-19(14)29-22(17)26)28-21(25)16-7-5-6-8-18(16)27-4-2/h5-10,12-13H,3-4,11H2,1-2H3,(H,23,24). The normalized spacial score (nSPS) is 10.6. The minimum absolute atomic E-state index is 0.0682. The number of nitrogens with one attached hydrogen (secondary N) is 1. The maximum atomic E-state index is 12.5. The predicted octanol–water partition coefficient (Wildman–Crippen LogP) is 3.55. The second-order valence-corrected chi connectivity index (χ2v) is 6.22. The zero-order valence-corrected chi connectivity index (χ0v) is 16.2. The zero-order valence-electron chi connectivity index (χ0n) is 16.2. The molecule has 1 aromatic heterocycles. The molecule has 7 heteroatoms. The highest BCUT2D eigenvalue weighted by molar-refractivity contribution is 5.97. The molecule has 29 heavy (non-hydrogen) atoms. The number of para-hydroxylation sites is 1. The van der Waals surface area contributed by atoms with Crippen molar-refractivity contribution < 1.29 is 23.5 Å². The van der Waals surface area contributed by atoms with Crippen molar-refractivity contribution in [1.29, 1.82) is 0 Å². The van der Waals surface area contributed by atoms with Crippen molar-refractivity contribution in [2.75, 3.05) is 13.2 Å². The van der Waals surface area contributed by atoms with Gasteiger partial charge in [-0.2, -0.15) is 0 Å². The van der Waals surface area contributed by atoms with Crippen molar-refractivity contribution >= 4 is 22.8 Å². The SMILES string of the molecule is CCCNC(=O)c1cc2ccc(OC(=O)c3ccccc3OCC)cc2oc1=O. The molecule has 2 aromatic carbocycles. The summed E-state index contributed by atoms with van der Waals surface area (Å²) in [7, 11) is 0. The number of amides is 1. The topological polar surface area (TPSA) is 94.8 Å². The van der Waals surface area contributed by atoms with E-state index < -0.39 is 17.5 Å². The number of ether oxygens (including phenoxy) is 2. The number of rotatable bonds is 7. The lowest BCUT2D eigenvalue weighted by Crippen LogP contribution is -2.28. The first-order valence-corrected chi connectivity index (χ1v) is 9.33. The van der Waals surface area contributed by atoms with Crippen LogP contribution in [0.2, 0.25) is 0 Å². The largest absolute Gasteiger partial charge is 0.493 e. The molecular formula is C22H21NO6. The van der Waals surface area contributed by atoms with Crippen molar-refractivity contribution in [1.82, 2.24) is 5.32 Å². The van der Waals surface area contributed by atoms with E-state index in [4.69, 9.17) is 13.9 Å². The molecule has 0 saturated carbocycles. The van der Waals surface area contributed by atoms with E-state index in [1.807, 2.05) is 13.8 Å². The van der Waals surface area contributed by atoms with E-state index in [9.17, 15) is 14.4 Å². The lowest BCUT2D eigenvalue weighted by atomic mass is 10.1. The highest BCUT2D eigenvalue weighted by Crippen LogP contribution is 2.24. The van der Waals surface area contributed by atoms with Crippen LogP contribution in [0.3, 0.4) is 0 Å². The summed E-state index contributed by atoms with van der Waals surface area (Å²) < 4.78 is 16.1. The Morgan fingerprint density at radius 1 is 1.03 bits per heavy atom. The van der Waals surface area contributed by atoms with Crippen LogP contribution in [0.25, 0.3) is 11.0 Å². The number of hydrogen-bond donors (Lipinski definition) is 1. The van der Waals surface area contributed by atoms with Gasteiger partial charge >= 0.3 is 11.6 Å². The van der Waals surface area contributed by atoms with Gasteiger partial charge in [-0.15, -0.1) is 0 Å². The Balaban J connectivity index is 1.86. The quantitative estimate of drug-likeness (QED) is 0.373. The first-order valence-electron chi connectivity index (χ1n) is 9.33. The molecule has 0 aliphatic carbocycles. The average Bonchev–Trinajstić information content (AvgIpc) is 2.72. The van der Waals surface area contributed by atoms with Gasteiger partial charge in [0, 0.05) is 18.0 Å². The van der Waals surface area contributed by atoms with Crippen LogP contribution in [0.1, 0.15) is 41.0 Å². The van der Waals surface area contributed by atoms with Crippen LogP contribution >= 0.6 is 0 Å². The maximum Gasteiger partial charge on any atom is 0.349 e. The van der Waals surface area contributed by atoms with Gasteiger partial charge in [0.1, 0.15) is 28.2 Å². The van der Waals surface area contributed by atoms with Crippen LogP contribution in [-0.4, -0.2) is 25.0 Å². The van der Waals surface area contributed by atoms with Gasteiger partial charge in [-0.3, -0.25) is 4.79 Å². The van der Waals surface area contributed by atoms with Gasteiger partial charge in [-0.1, -0.05) is 19.1 Å². The highest BCUT2D eigenvalue weighted by atomic mass is 16.5. The van der Waals surface area contributed by atoms with Gasteiger partial charge in [-0.05, 0) is 43.7 Å². The van der Waals surface area contributed by atoms with Gasteiger partial charge in [0.05, 0.1) is 6.61 Å². The van der Waals surface area contributed by atoms with Crippen molar-refractivity contribution in [3.63, 3.8) is 0 Å². The molecule has 7 nitrogen and oxygen atoms in total. The van der Waals surface area contributed by atoms with E-state index >= 15 is 0 Å².